The third kappa shape index (κ3) is 3.71. The van der Waals surface area contributed by atoms with E-state index >= 15 is 0 Å². The first-order chi connectivity index (χ1) is 10.1. The summed E-state index contributed by atoms with van der Waals surface area (Å²) in [4.78, 5) is 12.1. The van der Waals surface area contributed by atoms with Gasteiger partial charge in [-0.1, -0.05) is 23.9 Å². The van der Waals surface area contributed by atoms with Gasteiger partial charge in [0.05, 0.1) is 0 Å². The molecule has 0 radical (unpaired) electrons. The zero-order valence-corrected chi connectivity index (χ0v) is 11.9. The van der Waals surface area contributed by atoms with Crippen molar-refractivity contribution in [2.45, 2.75) is 20.3 Å². The monoisotopic (exact) mass is 284 g/mol. The van der Waals surface area contributed by atoms with Crippen LogP contribution in [0.1, 0.15) is 34.3 Å². The van der Waals surface area contributed by atoms with Gasteiger partial charge in [0.1, 0.15) is 12.4 Å². The fourth-order valence-corrected chi connectivity index (χ4v) is 1.89. The maximum atomic E-state index is 12.1. The molecule has 2 N–H and O–H groups in total. The molecule has 0 aliphatic rings. The van der Waals surface area contributed by atoms with Gasteiger partial charge in [0.2, 0.25) is 0 Å². The zero-order chi connectivity index (χ0) is 15.2. The van der Waals surface area contributed by atoms with Crippen molar-refractivity contribution < 1.29 is 14.4 Å². The number of aliphatic hydroxyl groups excluding tert-OH is 1. The molecule has 108 valence electrons. The largest absolute Gasteiger partial charge is 0.384 e. The van der Waals surface area contributed by atoms with Gasteiger partial charge in [-0.2, -0.15) is 0 Å². The second-order valence-electron chi connectivity index (χ2n) is 4.46. The molecule has 1 heterocycles. The molecule has 0 aliphatic carbocycles. The third-order valence-corrected chi connectivity index (χ3v) is 2.91. The average Bonchev–Trinajstić information content (AvgIpc) is 2.92. The lowest BCUT2D eigenvalue weighted by Crippen LogP contribution is -2.13. The van der Waals surface area contributed by atoms with E-state index in [2.05, 4.69) is 22.3 Å². The molecule has 0 aliphatic heterocycles. The van der Waals surface area contributed by atoms with Crippen molar-refractivity contribution in [1.82, 2.24) is 5.16 Å². The van der Waals surface area contributed by atoms with E-state index in [0.29, 0.717) is 5.76 Å². The minimum Gasteiger partial charge on any atom is -0.384 e. The number of hydrogen-bond acceptors (Lipinski definition) is 4. The highest BCUT2D eigenvalue weighted by atomic mass is 16.5. The Balaban J connectivity index is 2.21. The van der Waals surface area contributed by atoms with E-state index in [-0.39, 0.29) is 18.2 Å². The lowest BCUT2D eigenvalue weighted by Gasteiger charge is -2.09. The Morgan fingerprint density at radius 2 is 2.24 bits per heavy atom. The van der Waals surface area contributed by atoms with Crippen LogP contribution in [0.2, 0.25) is 0 Å². The fourth-order valence-electron chi connectivity index (χ4n) is 1.89. The second kappa shape index (κ2) is 6.73. The molecule has 0 bridgehead atoms. The van der Waals surface area contributed by atoms with E-state index in [0.717, 1.165) is 23.2 Å². The second-order valence-corrected chi connectivity index (χ2v) is 4.46. The van der Waals surface area contributed by atoms with Crippen LogP contribution in [-0.2, 0) is 6.42 Å². The van der Waals surface area contributed by atoms with Crippen molar-refractivity contribution in [2.24, 2.45) is 0 Å². The van der Waals surface area contributed by atoms with Gasteiger partial charge < -0.3 is 14.9 Å². The van der Waals surface area contributed by atoms with Gasteiger partial charge >= 0.3 is 0 Å². The lowest BCUT2D eigenvalue weighted by molar-refractivity contribution is 0.101. The molecule has 0 fully saturated rings. The number of anilines is 1. The Morgan fingerprint density at radius 1 is 1.43 bits per heavy atom. The van der Waals surface area contributed by atoms with Crippen molar-refractivity contribution in [3.63, 3.8) is 0 Å². The number of carbonyl (C=O) groups is 1. The minimum atomic E-state index is -0.309. The molecule has 2 aromatic rings. The van der Waals surface area contributed by atoms with Crippen molar-refractivity contribution in [3.05, 3.63) is 46.8 Å². The van der Waals surface area contributed by atoms with E-state index in [1.807, 2.05) is 13.0 Å². The maximum Gasteiger partial charge on any atom is 0.277 e. The van der Waals surface area contributed by atoms with Gasteiger partial charge in [-0.15, -0.1) is 0 Å². The van der Waals surface area contributed by atoms with Crippen LogP contribution in [0, 0.1) is 18.8 Å². The molecular formula is C16H16N2O3. The van der Waals surface area contributed by atoms with E-state index in [4.69, 9.17) is 9.63 Å². The topological polar surface area (TPSA) is 75.4 Å². The number of aliphatic hydroxyl groups is 1. The fraction of sp³-hybridized carbons (Fsp3) is 0.250. The highest BCUT2D eigenvalue weighted by Crippen LogP contribution is 2.19. The molecule has 1 aromatic heterocycles. The third-order valence-electron chi connectivity index (χ3n) is 2.91. The average molecular weight is 284 g/mol. The number of carbonyl (C=O) groups excluding carboxylic acids is 1. The maximum absolute atomic E-state index is 12.1. The Labute approximate surface area is 123 Å². The molecule has 5 heteroatoms. The number of benzene rings is 1. The highest BCUT2D eigenvalue weighted by Gasteiger charge is 2.12. The van der Waals surface area contributed by atoms with Crippen LogP contribution < -0.4 is 5.32 Å². The van der Waals surface area contributed by atoms with Crippen LogP contribution in [0.5, 0.6) is 0 Å². The van der Waals surface area contributed by atoms with Crippen LogP contribution >= 0.6 is 0 Å². The van der Waals surface area contributed by atoms with Crippen molar-refractivity contribution in [2.75, 3.05) is 11.9 Å². The van der Waals surface area contributed by atoms with Crippen LogP contribution in [0.15, 0.2) is 28.8 Å². The minimum absolute atomic E-state index is 0.175. The van der Waals surface area contributed by atoms with Gasteiger partial charge in [-0.3, -0.25) is 4.79 Å². The summed E-state index contributed by atoms with van der Waals surface area (Å²) < 4.78 is 4.89. The number of amides is 1. The summed E-state index contributed by atoms with van der Waals surface area (Å²) in [7, 11) is 0. The number of rotatable bonds is 3. The van der Waals surface area contributed by atoms with Gasteiger partial charge in [0, 0.05) is 17.3 Å². The summed E-state index contributed by atoms with van der Waals surface area (Å²) in [5.74, 6) is 5.72. The van der Waals surface area contributed by atoms with Gasteiger partial charge in [0.15, 0.2) is 5.69 Å². The first kappa shape index (κ1) is 14.8. The number of nitrogens with zero attached hydrogens (tertiary/aromatic N) is 1. The Bertz CT molecular complexity index is 708. The highest BCUT2D eigenvalue weighted by molar-refractivity contribution is 6.03. The summed E-state index contributed by atoms with van der Waals surface area (Å²) >= 11 is 0. The lowest BCUT2D eigenvalue weighted by atomic mass is 10.1. The molecule has 5 nitrogen and oxygen atoms in total. The van der Waals surface area contributed by atoms with Crippen LogP contribution in [0.3, 0.4) is 0 Å². The SMILES string of the molecule is CCc1cc(C#CCO)ccc1NC(=O)c1cc(C)on1. The molecule has 0 saturated heterocycles. The van der Waals surface area contributed by atoms with E-state index in [1.54, 1.807) is 25.1 Å². The van der Waals surface area contributed by atoms with Crippen LogP contribution in [0.4, 0.5) is 5.69 Å². The van der Waals surface area contributed by atoms with Crippen molar-refractivity contribution in [1.29, 1.82) is 0 Å². The molecule has 0 unspecified atom stereocenters. The van der Waals surface area contributed by atoms with E-state index in [9.17, 15) is 4.79 Å². The molecular weight excluding hydrogens is 268 g/mol. The summed E-state index contributed by atoms with van der Waals surface area (Å²) in [6.07, 6.45) is 0.752. The first-order valence-electron chi connectivity index (χ1n) is 6.61. The number of aryl methyl sites for hydroxylation is 2. The number of aromatic nitrogens is 1. The van der Waals surface area contributed by atoms with Gasteiger partial charge in [-0.05, 0) is 37.1 Å². The number of hydrogen-bond donors (Lipinski definition) is 2. The molecule has 0 atom stereocenters. The van der Waals surface area contributed by atoms with Crippen molar-refractivity contribution in [3.8, 4) is 11.8 Å². The molecule has 2 rings (SSSR count). The number of nitrogens with one attached hydrogen (secondary N) is 1. The molecule has 0 spiro atoms. The standard InChI is InChI=1S/C16H16N2O3/c1-3-13-10-12(5-4-8-19)6-7-14(13)17-16(20)15-9-11(2)21-18-15/h6-7,9-10,19H,3,8H2,1-2H3,(H,17,20). The van der Waals surface area contributed by atoms with E-state index in [1.165, 1.54) is 0 Å². The van der Waals surface area contributed by atoms with Crippen LogP contribution in [-0.4, -0.2) is 22.8 Å². The molecule has 0 saturated carbocycles. The summed E-state index contributed by atoms with van der Waals surface area (Å²) in [6.45, 7) is 3.55. The van der Waals surface area contributed by atoms with Crippen molar-refractivity contribution >= 4 is 11.6 Å². The molecule has 1 aromatic carbocycles. The van der Waals surface area contributed by atoms with Crippen LogP contribution in [0.25, 0.3) is 0 Å². The first-order valence-corrected chi connectivity index (χ1v) is 6.61. The predicted molar refractivity (Wildman–Crippen MR) is 79.0 cm³/mol. The molecule has 21 heavy (non-hydrogen) atoms. The predicted octanol–water partition coefficient (Wildman–Crippen LogP) is 2.14. The smallest absolute Gasteiger partial charge is 0.277 e. The van der Waals surface area contributed by atoms with Gasteiger partial charge in [0.25, 0.3) is 5.91 Å². The quantitative estimate of drug-likeness (QED) is 0.847. The normalized spacial score (nSPS) is 9.86. The van der Waals surface area contributed by atoms with E-state index < -0.39 is 0 Å². The Morgan fingerprint density at radius 3 is 2.86 bits per heavy atom. The van der Waals surface area contributed by atoms with Gasteiger partial charge in [-0.25, -0.2) is 0 Å². The molecule has 1 amide bonds. The summed E-state index contributed by atoms with van der Waals surface area (Å²) in [5, 5.41) is 15.2. The summed E-state index contributed by atoms with van der Waals surface area (Å²) in [6, 6.07) is 7.07. The Kier molecular flexibility index (Phi) is 4.75. The Hall–Kier alpha value is -2.58. The zero-order valence-electron chi connectivity index (χ0n) is 11.9. The summed E-state index contributed by atoms with van der Waals surface area (Å²) in [5.41, 5.74) is 2.74.